The standard InChI is InChI=1S/C16H23F2N3O/c1-11(2)20(3)10-16(22)19-13-6-7-21(9-13)15-5-4-12(17)8-14(15)18/h4-5,8,11,13H,6-7,9-10H2,1-3H3,(H,19,22)/t13-/m1/s1. The number of hydrogen-bond acceptors (Lipinski definition) is 3. The molecule has 0 saturated carbocycles. The van der Waals surface area contributed by atoms with Gasteiger partial charge in [0.2, 0.25) is 5.91 Å². The Morgan fingerprint density at radius 1 is 1.45 bits per heavy atom. The van der Waals surface area contributed by atoms with Crippen LogP contribution < -0.4 is 10.2 Å². The fraction of sp³-hybridized carbons (Fsp3) is 0.562. The van der Waals surface area contributed by atoms with Crippen molar-refractivity contribution in [2.75, 3.05) is 31.6 Å². The van der Waals surface area contributed by atoms with E-state index in [0.717, 1.165) is 12.5 Å². The lowest BCUT2D eigenvalue weighted by atomic mass is 10.2. The molecule has 6 heteroatoms. The molecule has 1 heterocycles. The van der Waals surface area contributed by atoms with Crippen LogP contribution in [0.1, 0.15) is 20.3 Å². The van der Waals surface area contributed by atoms with Crippen molar-refractivity contribution in [1.82, 2.24) is 10.2 Å². The minimum absolute atomic E-state index is 0.00230. The van der Waals surface area contributed by atoms with Crippen molar-refractivity contribution >= 4 is 11.6 Å². The number of benzene rings is 1. The van der Waals surface area contributed by atoms with Crippen LogP contribution in [-0.2, 0) is 4.79 Å². The normalized spacial score (nSPS) is 18.3. The Labute approximate surface area is 130 Å². The number of carbonyl (C=O) groups excluding carboxylic acids is 1. The second-order valence-corrected chi connectivity index (χ2v) is 6.10. The van der Waals surface area contributed by atoms with E-state index in [-0.39, 0.29) is 11.9 Å². The van der Waals surface area contributed by atoms with E-state index in [4.69, 9.17) is 0 Å². The van der Waals surface area contributed by atoms with Gasteiger partial charge in [0.05, 0.1) is 12.2 Å². The number of anilines is 1. The molecular formula is C16H23F2N3O. The number of likely N-dealkylation sites (N-methyl/N-ethyl adjacent to an activating group) is 1. The van der Waals surface area contributed by atoms with Gasteiger partial charge in [-0.2, -0.15) is 0 Å². The number of carbonyl (C=O) groups is 1. The summed E-state index contributed by atoms with van der Waals surface area (Å²) in [7, 11) is 1.90. The van der Waals surface area contributed by atoms with Crippen molar-refractivity contribution in [2.24, 2.45) is 0 Å². The molecule has 0 unspecified atom stereocenters. The topological polar surface area (TPSA) is 35.6 Å². The zero-order chi connectivity index (χ0) is 16.3. The van der Waals surface area contributed by atoms with E-state index in [1.54, 1.807) is 0 Å². The second-order valence-electron chi connectivity index (χ2n) is 6.10. The van der Waals surface area contributed by atoms with Crippen molar-refractivity contribution in [3.8, 4) is 0 Å². The van der Waals surface area contributed by atoms with Crippen LogP contribution in [0.25, 0.3) is 0 Å². The van der Waals surface area contributed by atoms with E-state index in [1.165, 1.54) is 12.1 Å². The molecule has 1 aromatic carbocycles. The molecule has 122 valence electrons. The van der Waals surface area contributed by atoms with Gasteiger partial charge in [-0.3, -0.25) is 9.69 Å². The van der Waals surface area contributed by atoms with Crippen molar-refractivity contribution in [3.05, 3.63) is 29.8 Å². The van der Waals surface area contributed by atoms with Crippen molar-refractivity contribution in [2.45, 2.75) is 32.4 Å². The predicted molar refractivity (Wildman–Crippen MR) is 82.9 cm³/mol. The van der Waals surface area contributed by atoms with Crippen LogP contribution in [0, 0.1) is 11.6 Å². The minimum atomic E-state index is -0.581. The first-order valence-corrected chi connectivity index (χ1v) is 7.56. The van der Waals surface area contributed by atoms with Crippen LogP contribution >= 0.6 is 0 Å². The molecule has 1 saturated heterocycles. The highest BCUT2D eigenvalue weighted by Crippen LogP contribution is 2.24. The van der Waals surface area contributed by atoms with Gasteiger partial charge in [0, 0.05) is 31.2 Å². The van der Waals surface area contributed by atoms with E-state index >= 15 is 0 Å². The van der Waals surface area contributed by atoms with E-state index in [9.17, 15) is 13.6 Å². The van der Waals surface area contributed by atoms with Crippen LogP contribution in [0.4, 0.5) is 14.5 Å². The molecule has 1 N–H and O–H groups in total. The number of halogens is 2. The van der Waals surface area contributed by atoms with Gasteiger partial charge in [-0.05, 0) is 39.4 Å². The molecule has 1 aliphatic heterocycles. The third kappa shape index (κ3) is 4.16. The Hall–Kier alpha value is -1.69. The Kier molecular flexibility index (Phi) is 5.34. The van der Waals surface area contributed by atoms with Gasteiger partial charge in [0.25, 0.3) is 0 Å². The molecule has 4 nitrogen and oxygen atoms in total. The first kappa shape index (κ1) is 16.7. The quantitative estimate of drug-likeness (QED) is 0.903. The molecule has 1 aromatic rings. The van der Waals surface area contributed by atoms with Crippen molar-refractivity contribution in [3.63, 3.8) is 0 Å². The summed E-state index contributed by atoms with van der Waals surface area (Å²) in [4.78, 5) is 15.8. The third-order valence-electron chi connectivity index (χ3n) is 4.08. The highest BCUT2D eigenvalue weighted by atomic mass is 19.1. The highest BCUT2D eigenvalue weighted by molar-refractivity contribution is 5.78. The van der Waals surface area contributed by atoms with E-state index < -0.39 is 11.6 Å². The van der Waals surface area contributed by atoms with Crippen LogP contribution in [0.5, 0.6) is 0 Å². The molecule has 1 atom stereocenters. The zero-order valence-corrected chi connectivity index (χ0v) is 13.3. The maximum Gasteiger partial charge on any atom is 0.234 e. The summed E-state index contributed by atoms with van der Waals surface area (Å²) in [6.45, 7) is 5.59. The molecule has 2 rings (SSSR count). The highest BCUT2D eigenvalue weighted by Gasteiger charge is 2.26. The molecule has 22 heavy (non-hydrogen) atoms. The van der Waals surface area contributed by atoms with Crippen LogP contribution in [0.15, 0.2) is 18.2 Å². The second kappa shape index (κ2) is 7.05. The SMILES string of the molecule is CC(C)N(C)CC(=O)N[C@@H]1CCN(c2ccc(F)cc2F)C1. The number of amides is 1. The molecule has 1 fully saturated rings. The average molecular weight is 311 g/mol. The number of nitrogens with zero attached hydrogens (tertiary/aromatic N) is 2. The van der Waals surface area contributed by atoms with Crippen molar-refractivity contribution < 1.29 is 13.6 Å². The molecule has 0 bridgehead atoms. The van der Waals surface area contributed by atoms with Crippen LogP contribution in [0.2, 0.25) is 0 Å². The summed E-state index contributed by atoms with van der Waals surface area (Å²) in [5.74, 6) is -1.17. The van der Waals surface area contributed by atoms with Gasteiger partial charge < -0.3 is 10.2 Å². The van der Waals surface area contributed by atoms with Gasteiger partial charge in [-0.1, -0.05) is 0 Å². The monoisotopic (exact) mass is 311 g/mol. The van der Waals surface area contributed by atoms with Gasteiger partial charge in [0.1, 0.15) is 11.6 Å². The lowest BCUT2D eigenvalue weighted by molar-refractivity contribution is -0.122. The summed E-state index contributed by atoms with van der Waals surface area (Å²) in [6, 6.07) is 3.89. The van der Waals surface area contributed by atoms with Crippen LogP contribution in [-0.4, -0.2) is 49.6 Å². The Bertz CT molecular complexity index is 536. The summed E-state index contributed by atoms with van der Waals surface area (Å²) in [5.41, 5.74) is 0.387. The predicted octanol–water partition coefficient (Wildman–Crippen LogP) is 2.00. The molecule has 0 aromatic heterocycles. The number of hydrogen-bond donors (Lipinski definition) is 1. The zero-order valence-electron chi connectivity index (χ0n) is 13.3. The van der Waals surface area contributed by atoms with Gasteiger partial charge in [-0.25, -0.2) is 8.78 Å². The molecule has 0 spiro atoms. The number of rotatable bonds is 5. The smallest absolute Gasteiger partial charge is 0.234 e. The Morgan fingerprint density at radius 2 is 2.18 bits per heavy atom. The van der Waals surface area contributed by atoms with Crippen molar-refractivity contribution in [1.29, 1.82) is 0 Å². The molecule has 1 amide bonds. The summed E-state index contributed by atoms with van der Waals surface area (Å²) in [5, 5.41) is 2.98. The molecule has 1 aliphatic rings. The van der Waals surface area contributed by atoms with E-state index in [2.05, 4.69) is 5.32 Å². The Balaban J connectivity index is 1.89. The maximum atomic E-state index is 13.8. The lowest BCUT2D eigenvalue weighted by Gasteiger charge is -2.22. The maximum absolute atomic E-state index is 13.8. The van der Waals surface area contributed by atoms with E-state index in [1.807, 2.05) is 30.7 Å². The molecular weight excluding hydrogens is 288 g/mol. The first-order valence-electron chi connectivity index (χ1n) is 7.56. The largest absolute Gasteiger partial charge is 0.367 e. The number of nitrogens with one attached hydrogen (secondary N) is 1. The molecule has 0 aliphatic carbocycles. The fourth-order valence-electron chi connectivity index (χ4n) is 2.52. The summed E-state index contributed by atoms with van der Waals surface area (Å²) < 4.78 is 26.7. The first-order chi connectivity index (χ1) is 10.4. The minimum Gasteiger partial charge on any atom is -0.367 e. The summed E-state index contributed by atoms with van der Waals surface area (Å²) in [6.07, 6.45) is 0.758. The summed E-state index contributed by atoms with van der Waals surface area (Å²) >= 11 is 0. The third-order valence-corrected chi connectivity index (χ3v) is 4.08. The average Bonchev–Trinajstić information content (AvgIpc) is 2.86. The van der Waals surface area contributed by atoms with E-state index in [0.29, 0.717) is 31.4 Å². The lowest BCUT2D eigenvalue weighted by Crippen LogP contribution is -2.43. The van der Waals surface area contributed by atoms with Gasteiger partial charge in [-0.15, -0.1) is 0 Å². The van der Waals surface area contributed by atoms with Gasteiger partial charge in [0.15, 0.2) is 0 Å². The fourth-order valence-corrected chi connectivity index (χ4v) is 2.52. The molecule has 0 radical (unpaired) electrons. The van der Waals surface area contributed by atoms with Crippen LogP contribution in [0.3, 0.4) is 0 Å². The van der Waals surface area contributed by atoms with Gasteiger partial charge >= 0.3 is 0 Å². The Morgan fingerprint density at radius 3 is 2.82 bits per heavy atom.